The summed E-state index contributed by atoms with van der Waals surface area (Å²) >= 11 is 0. The molecule has 0 bridgehead atoms. The number of nitrogens with zero attached hydrogens (tertiary/aromatic N) is 1. The van der Waals surface area contributed by atoms with E-state index in [0.29, 0.717) is 24.1 Å². The number of carbonyl (C=O) groups excluding carboxylic acids is 1. The third-order valence-corrected chi connectivity index (χ3v) is 6.68. The monoisotopic (exact) mass is 358 g/mol. The zero-order valence-electron chi connectivity index (χ0n) is 15.6. The summed E-state index contributed by atoms with van der Waals surface area (Å²) in [6, 6.07) is 0.865. The second kappa shape index (κ2) is 8.37. The van der Waals surface area contributed by atoms with Gasteiger partial charge in [0.15, 0.2) is 0 Å². The van der Waals surface area contributed by atoms with Crippen LogP contribution in [0.5, 0.6) is 0 Å². The number of nitrogens with one attached hydrogen (secondary N) is 1. The lowest BCUT2D eigenvalue weighted by Gasteiger charge is -2.60. The van der Waals surface area contributed by atoms with E-state index in [2.05, 4.69) is 31.1 Å². The van der Waals surface area contributed by atoms with Crippen LogP contribution in [0.1, 0.15) is 65.2 Å². The summed E-state index contributed by atoms with van der Waals surface area (Å²) in [5.74, 6) is 0.589. The van der Waals surface area contributed by atoms with Crippen molar-refractivity contribution in [3.05, 3.63) is 0 Å². The molecule has 2 saturated carbocycles. The van der Waals surface area contributed by atoms with Crippen LogP contribution in [-0.4, -0.2) is 49.2 Å². The maximum atomic E-state index is 13.0. The van der Waals surface area contributed by atoms with Crippen molar-refractivity contribution in [1.29, 1.82) is 0 Å². The van der Waals surface area contributed by atoms with Crippen LogP contribution in [0.25, 0.3) is 0 Å². The molecule has 0 aromatic rings. The molecule has 1 aliphatic heterocycles. The van der Waals surface area contributed by atoms with Gasteiger partial charge < -0.3 is 15.0 Å². The first kappa shape index (κ1) is 20.0. The fourth-order valence-corrected chi connectivity index (χ4v) is 5.37. The van der Waals surface area contributed by atoms with Crippen molar-refractivity contribution in [2.24, 2.45) is 11.3 Å². The molecule has 1 amide bonds. The zero-order chi connectivity index (χ0) is 16.4. The van der Waals surface area contributed by atoms with Crippen molar-refractivity contribution in [1.82, 2.24) is 10.2 Å². The molecule has 1 saturated heterocycles. The minimum atomic E-state index is 0. The van der Waals surface area contributed by atoms with E-state index in [9.17, 15) is 4.79 Å². The third-order valence-electron chi connectivity index (χ3n) is 6.68. The lowest BCUT2D eigenvalue weighted by Crippen LogP contribution is -2.66. The summed E-state index contributed by atoms with van der Waals surface area (Å²) in [6.07, 6.45) is 9.80. The van der Waals surface area contributed by atoms with Gasteiger partial charge in [-0.3, -0.25) is 4.79 Å². The maximum absolute atomic E-state index is 13.0. The number of amides is 1. The molecule has 4 atom stereocenters. The molecular formula is C19H35ClN2O2. The zero-order valence-corrected chi connectivity index (χ0v) is 16.4. The van der Waals surface area contributed by atoms with E-state index in [1.54, 1.807) is 0 Å². The van der Waals surface area contributed by atoms with Gasteiger partial charge in [0.25, 0.3) is 0 Å². The summed E-state index contributed by atoms with van der Waals surface area (Å²) in [4.78, 5) is 15.1. The highest BCUT2D eigenvalue weighted by molar-refractivity contribution is 5.85. The largest absolute Gasteiger partial charge is 0.378 e. The number of rotatable bonds is 4. The Morgan fingerprint density at radius 2 is 1.96 bits per heavy atom. The van der Waals surface area contributed by atoms with Gasteiger partial charge in [-0.2, -0.15) is 0 Å². The molecule has 1 heterocycles. The van der Waals surface area contributed by atoms with E-state index in [-0.39, 0.29) is 23.7 Å². The quantitative estimate of drug-likeness (QED) is 0.837. The average molecular weight is 359 g/mol. The van der Waals surface area contributed by atoms with Crippen molar-refractivity contribution in [3.63, 3.8) is 0 Å². The Balaban J connectivity index is 0.00000208. The standard InChI is InChI=1S/C19H34N2O2.ClH/c1-4-23-17-13-16(19(17)9-6-5-7-10-19)21(3)18(22)15-8-11-20-14(2)12-15;/h14-17,20H,4-13H2,1-3H3;1H/t14-,15-,16?,17?;/m0./s1. The summed E-state index contributed by atoms with van der Waals surface area (Å²) in [7, 11) is 2.05. The highest BCUT2D eigenvalue weighted by Crippen LogP contribution is 2.55. The van der Waals surface area contributed by atoms with Crippen LogP contribution in [0.3, 0.4) is 0 Å². The Bertz CT molecular complexity index is 426. The Morgan fingerprint density at radius 3 is 2.58 bits per heavy atom. The minimum absolute atomic E-state index is 0. The number of carbonyl (C=O) groups is 1. The highest BCUT2D eigenvalue weighted by Gasteiger charge is 2.58. The fraction of sp³-hybridized carbons (Fsp3) is 0.947. The van der Waals surface area contributed by atoms with Crippen LogP contribution >= 0.6 is 12.4 Å². The Hall–Kier alpha value is -0.320. The van der Waals surface area contributed by atoms with E-state index in [1.165, 1.54) is 32.1 Å². The first-order valence-corrected chi connectivity index (χ1v) is 9.70. The van der Waals surface area contributed by atoms with Gasteiger partial charge in [0, 0.05) is 37.1 Å². The second-order valence-corrected chi connectivity index (χ2v) is 8.01. The van der Waals surface area contributed by atoms with Gasteiger partial charge >= 0.3 is 0 Å². The normalized spacial score (nSPS) is 35.0. The smallest absolute Gasteiger partial charge is 0.225 e. The molecule has 1 spiro atoms. The van der Waals surface area contributed by atoms with E-state index in [1.807, 2.05) is 0 Å². The van der Waals surface area contributed by atoms with Gasteiger partial charge in [0.2, 0.25) is 5.91 Å². The third kappa shape index (κ3) is 3.61. The van der Waals surface area contributed by atoms with E-state index in [4.69, 9.17) is 4.74 Å². The van der Waals surface area contributed by atoms with Crippen LogP contribution < -0.4 is 5.32 Å². The molecule has 5 heteroatoms. The van der Waals surface area contributed by atoms with E-state index in [0.717, 1.165) is 32.4 Å². The number of piperidine rings is 1. The number of ether oxygens (including phenoxy) is 1. The topological polar surface area (TPSA) is 41.6 Å². The van der Waals surface area contributed by atoms with Gasteiger partial charge in [-0.15, -0.1) is 12.4 Å². The van der Waals surface area contributed by atoms with Gasteiger partial charge in [-0.05, 0) is 52.5 Å². The van der Waals surface area contributed by atoms with Crippen molar-refractivity contribution >= 4 is 18.3 Å². The van der Waals surface area contributed by atoms with Crippen LogP contribution in [0, 0.1) is 11.3 Å². The molecule has 2 unspecified atom stereocenters. The minimum Gasteiger partial charge on any atom is -0.378 e. The summed E-state index contributed by atoms with van der Waals surface area (Å²) in [5.41, 5.74) is 0.247. The second-order valence-electron chi connectivity index (χ2n) is 8.01. The van der Waals surface area contributed by atoms with Gasteiger partial charge in [-0.1, -0.05) is 19.3 Å². The molecule has 140 valence electrons. The Morgan fingerprint density at radius 1 is 1.25 bits per heavy atom. The maximum Gasteiger partial charge on any atom is 0.225 e. The first-order valence-electron chi connectivity index (χ1n) is 9.70. The highest BCUT2D eigenvalue weighted by atomic mass is 35.5. The van der Waals surface area contributed by atoms with Gasteiger partial charge in [0.1, 0.15) is 0 Å². The van der Waals surface area contributed by atoms with Gasteiger partial charge in [-0.25, -0.2) is 0 Å². The number of hydrogen-bond donors (Lipinski definition) is 1. The molecule has 24 heavy (non-hydrogen) atoms. The van der Waals surface area contributed by atoms with Crippen molar-refractivity contribution < 1.29 is 9.53 Å². The van der Waals surface area contributed by atoms with Crippen LogP contribution in [0.4, 0.5) is 0 Å². The fourth-order valence-electron chi connectivity index (χ4n) is 5.37. The average Bonchev–Trinajstić information content (AvgIpc) is 2.58. The van der Waals surface area contributed by atoms with E-state index < -0.39 is 0 Å². The summed E-state index contributed by atoms with van der Waals surface area (Å²) < 4.78 is 6.05. The van der Waals surface area contributed by atoms with Crippen LogP contribution in [0.15, 0.2) is 0 Å². The molecule has 0 radical (unpaired) electrons. The van der Waals surface area contributed by atoms with Crippen molar-refractivity contribution in [3.8, 4) is 0 Å². The predicted octanol–water partition coefficient (Wildman–Crippen LogP) is 3.38. The summed E-state index contributed by atoms with van der Waals surface area (Å²) in [6.45, 7) is 6.05. The lowest BCUT2D eigenvalue weighted by atomic mass is 9.54. The Kier molecular flexibility index (Phi) is 6.98. The van der Waals surface area contributed by atoms with Crippen LogP contribution in [0.2, 0.25) is 0 Å². The van der Waals surface area contributed by atoms with Gasteiger partial charge in [0.05, 0.1) is 6.10 Å². The SMILES string of the molecule is CCOC1CC(N(C)C(=O)[C@H]2CCN[C@@H](C)C2)C12CCCCC2.Cl. The molecule has 3 fully saturated rings. The molecule has 1 N–H and O–H groups in total. The molecule has 4 nitrogen and oxygen atoms in total. The first-order chi connectivity index (χ1) is 11.1. The molecule has 3 rings (SSSR count). The molecule has 0 aromatic carbocycles. The molecule has 3 aliphatic rings. The van der Waals surface area contributed by atoms with Crippen molar-refractivity contribution in [2.45, 2.75) is 83.4 Å². The van der Waals surface area contributed by atoms with Crippen LogP contribution in [-0.2, 0) is 9.53 Å². The molecule has 0 aromatic heterocycles. The lowest BCUT2D eigenvalue weighted by molar-refractivity contribution is -0.187. The Labute approximate surface area is 153 Å². The summed E-state index contributed by atoms with van der Waals surface area (Å²) in [5, 5.41) is 3.45. The number of hydrogen-bond acceptors (Lipinski definition) is 3. The number of halogens is 1. The molecule has 2 aliphatic carbocycles. The predicted molar refractivity (Wildman–Crippen MR) is 99.5 cm³/mol. The van der Waals surface area contributed by atoms with Crippen molar-refractivity contribution in [2.75, 3.05) is 20.2 Å². The van der Waals surface area contributed by atoms with E-state index >= 15 is 0 Å². The molecular weight excluding hydrogens is 324 g/mol.